The van der Waals surface area contributed by atoms with E-state index in [4.69, 9.17) is 23.2 Å². The molecule has 0 radical (unpaired) electrons. The van der Waals surface area contributed by atoms with Gasteiger partial charge in [-0.15, -0.1) is 0 Å². The average Bonchev–Trinajstić information content (AvgIpc) is 2.58. The van der Waals surface area contributed by atoms with Gasteiger partial charge in [-0.3, -0.25) is 14.7 Å². The molecule has 1 aromatic carbocycles. The third-order valence-electron chi connectivity index (χ3n) is 4.52. The molecule has 0 saturated carbocycles. The lowest BCUT2D eigenvalue weighted by Gasteiger charge is -2.37. The van der Waals surface area contributed by atoms with E-state index in [1.165, 1.54) is 0 Å². The summed E-state index contributed by atoms with van der Waals surface area (Å²) in [6.07, 6.45) is 4.80. The molecular formula is C18H18Cl2N2O2. The van der Waals surface area contributed by atoms with Crippen molar-refractivity contribution < 1.29 is 9.90 Å². The van der Waals surface area contributed by atoms with Crippen molar-refractivity contribution in [3.63, 3.8) is 0 Å². The van der Waals surface area contributed by atoms with E-state index in [0.29, 0.717) is 36.0 Å². The molecule has 1 fully saturated rings. The number of carboxylic acids is 1. The highest BCUT2D eigenvalue weighted by Gasteiger charge is 2.31. The lowest BCUT2D eigenvalue weighted by molar-refractivity contribution is -0.143. The molecule has 0 spiro atoms. The monoisotopic (exact) mass is 364 g/mol. The van der Waals surface area contributed by atoms with Gasteiger partial charge in [0.05, 0.1) is 12.0 Å². The Balaban J connectivity index is 1.93. The molecule has 1 unspecified atom stereocenters. The SMILES string of the molecule is O=C(O)C1CCN(C(c2ccncc2)c2ccc(Cl)cc2Cl)CC1. The molecule has 4 nitrogen and oxygen atoms in total. The fraction of sp³-hybridized carbons (Fsp3) is 0.333. The van der Waals surface area contributed by atoms with Crippen molar-refractivity contribution in [2.75, 3.05) is 13.1 Å². The zero-order valence-corrected chi connectivity index (χ0v) is 14.5. The smallest absolute Gasteiger partial charge is 0.306 e. The average molecular weight is 365 g/mol. The zero-order valence-electron chi connectivity index (χ0n) is 13.0. The number of aliphatic carboxylic acids is 1. The predicted octanol–water partition coefficient (Wildman–Crippen LogP) is 4.27. The normalized spacial score (nSPS) is 17.6. The molecule has 0 bridgehead atoms. The van der Waals surface area contributed by atoms with Crippen LogP contribution >= 0.6 is 23.2 Å². The molecule has 2 heterocycles. The Bertz CT molecular complexity index is 716. The molecule has 1 aliphatic rings. The summed E-state index contributed by atoms with van der Waals surface area (Å²) in [7, 11) is 0. The Morgan fingerprint density at radius 2 is 1.83 bits per heavy atom. The minimum absolute atomic E-state index is 0.0347. The number of pyridine rings is 1. The van der Waals surface area contributed by atoms with Crippen LogP contribution in [0.4, 0.5) is 0 Å². The number of aromatic nitrogens is 1. The molecule has 6 heteroatoms. The van der Waals surface area contributed by atoms with Crippen molar-refractivity contribution in [1.29, 1.82) is 0 Å². The molecule has 1 saturated heterocycles. The van der Waals surface area contributed by atoms with Crippen LogP contribution in [0, 0.1) is 5.92 Å². The quantitative estimate of drug-likeness (QED) is 0.879. The molecule has 126 valence electrons. The number of carboxylic acid groups (broad SMARTS) is 1. The highest BCUT2D eigenvalue weighted by Crippen LogP contribution is 2.36. The Kier molecular flexibility index (Phi) is 5.39. The van der Waals surface area contributed by atoms with E-state index >= 15 is 0 Å². The van der Waals surface area contributed by atoms with Crippen LogP contribution in [-0.2, 0) is 4.79 Å². The predicted molar refractivity (Wildman–Crippen MR) is 94.5 cm³/mol. The molecule has 1 aliphatic heterocycles. The number of halogens is 2. The standard InChI is InChI=1S/C18H18Cl2N2O2/c19-14-1-2-15(16(20)11-14)17(12-3-7-21-8-4-12)22-9-5-13(6-10-22)18(23)24/h1-4,7-8,11,13,17H,5-6,9-10H2,(H,23,24). The third kappa shape index (κ3) is 3.72. The van der Waals surface area contributed by atoms with Gasteiger partial charge in [0.25, 0.3) is 0 Å². The van der Waals surface area contributed by atoms with Gasteiger partial charge in [0.15, 0.2) is 0 Å². The minimum Gasteiger partial charge on any atom is -0.481 e. The number of rotatable bonds is 4. The van der Waals surface area contributed by atoms with Gasteiger partial charge in [-0.1, -0.05) is 29.3 Å². The first-order valence-corrected chi connectivity index (χ1v) is 8.63. The van der Waals surface area contributed by atoms with E-state index in [0.717, 1.165) is 11.1 Å². The van der Waals surface area contributed by atoms with Crippen molar-refractivity contribution in [1.82, 2.24) is 9.88 Å². The maximum atomic E-state index is 11.2. The summed E-state index contributed by atoms with van der Waals surface area (Å²) in [6, 6.07) is 9.43. The lowest BCUT2D eigenvalue weighted by atomic mass is 9.91. The summed E-state index contributed by atoms with van der Waals surface area (Å²) in [6.45, 7) is 1.42. The number of carbonyl (C=O) groups is 1. The minimum atomic E-state index is -0.709. The van der Waals surface area contributed by atoms with Gasteiger partial charge in [-0.2, -0.15) is 0 Å². The maximum Gasteiger partial charge on any atom is 0.306 e. The molecule has 0 amide bonds. The van der Waals surface area contributed by atoms with Gasteiger partial charge in [-0.25, -0.2) is 0 Å². The molecule has 0 aliphatic carbocycles. The molecule has 1 N–H and O–H groups in total. The topological polar surface area (TPSA) is 53.4 Å². The van der Waals surface area contributed by atoms with E-state index in [2.05, 4.69) is 9.88 Å². The highest BCUT2D eigenvalue weighted by atomic mass is 35.5. The van der Waals surface area contributed by atoms with Crippen LogP contribution in [-0.4, -0.2) is 34.0 Å². The van der Waals surface area contributed by atoms with Crippen molar-refractivity contribution in [3.8, 4) is 0 Å². The van der Waals surface area contributed by atoms with Gasteiger partial charge >= 0.3 is 5.97 Å². The van der Waals surface area contributed by atoms with E-state index in [1.54, 1.807) is 18.5 Å². The summed E-state index contributed by atoms with van der Waals surface area (Å²) >= 11 is 12.5. The number of hydrogen-bond donors (Lipinski definition) is 1. The number of hydrogen-bond acceptors (Lipinski definition) is 3. The second-order valence-electron chi connectivity index (χ2n) is 6.00. The number of likely N-dealkylation sites (tertiary alicyclic amines) is 1. The number of piperidine rings is 1. The highest BCUT2D eigenvalue weighted by molar-refractivity contribution is 6.35. The van der Waals surface area contributed by atoms with Gasteiger partial charge in [-0.05, 0) is 61.3 Å². The number of nitrogens with zero attached hydrogens (tertiary/aromatic N) is 2. The second-order valence-corrected chi connectivity index (χ2v) is 6.84. The lowest BCUT2D eigenvalue weighted by Crippen LogP contribution is -2.39. The Morgan fingerprint density at radius 3 is 2.42 bits per heavy atom. The second kappa shape index (κ2) is 7.51. The Hall–Kier alpha value is -1.62. The third-order valence-corrected chi connectivity index (χ3v) is 5.09. The van der Waals surface area contributed by atoms with Crippen LogP contribution in [0.3, 0.4) is 0 Å². The van der Waals surface area contributed by atoms with E-state index in [-0.39, 0.29) is 12.0 Å². The van der Waals surface area contributed by atoms with Gasteiger partial charge in [0.1, 0.15) is 0 Å². The van der Waals surface area contributed by atoms with E-state index in [1.807, 2.05) is 24.3 Å². The van der Waals surface area contributed by atoms with Crippen molar-refractivity contribution >= 4 is 29.2 Å². The first-order valence-electron chi connectivity index (χ1n) is 7.88. The van der Waals surface area contributed by atoms with Crippen LogP contribution in [0.2, 0.25) is 10.0 Å². The first-order chi connectivity index (χ1) is 11.6. The zero-order chi connectivity index (χ0) is 17.1. The molecule has 3 rings (SSSR count). The van der Waals surface area contributed by atoms with Gasteiger partial charge < -0.3 is 5.11 Å². The van der Waals surface area contributed by atoms with E-state index < -0.39 is 5.97 Å². The molecular weight excluding hydrogens is 347 g/mol. The van der Waals surface area contributed by atoms with Crippen LogP contribution < -0.4 is 0 Å². The fourth-order valence-corrected chi connectivity index (χ4v) is 3.77. The summed E-state index contributed by atoms with van der Waals surface area (Å²) in [4.78, 5) is 17.6. The van der Waals surface area contributed by atoms with Gasteiger partial charge in [0, 0.05) is 22.4 Å². The van der Waals surface area contributed by atoms with Crippen LogP contribution in [0.15, 0.2) is 42.7 Å². The summed E-state index contributed by atoms with van der Waals surface area (Å²) in [5.74, 6) is -0.973. The molecule has 24 heavy (non-hydrogen) atoms. The van der Waals surface area contributed by atoms with Crippen LogP contribution in [0.25, 0.3) is 0 Å². The van der Waals surface area contributed by atoms with Crippen LogP contribution in [0.1, 0.15) is 30.0 Å². The summed E-state index contributed by atoms with van der Waals surface area (Å²) in [5.41, 5.74) is 2.06. The number of benzene rings is 1. The first kappa shape index (κ1) is 17.2. The summed E-state index contributed by atoms with van der Waals surface area (Å²) < 4.78 is 0. The van der Waals surface area contributed by atoms with Gasteiger partial charge in [0.2, 0.25) is 0 Å². The fourth-order valence-electron chi connectivity index (χ4n) is 3.26. The Morgan fingerprint density at radius 1 is 1.17 bits per heavy atom. The molecule has 2 aromatic rings. The Labute approximate surface area is 151 Å². The van der Waals surface area contributed by atoms with Crippen molar-refractivity contribution in [3.05, 3.63) is 63.9 Å². The molecule has 1 aromatic heterocycles. The largest absolute Gasteiger partial charge is 0.481 e. The summed E-state index contributed by atoms with van der Waals surface area (Å²) in [5, 5.41) is 10.4. The van der Waals surface area contributed by atoms with E-state index in [9.17, 15) is 9.90 Å². The maximum absolute atomic E-state index is 11.2. The van der Waals surface area contributed by atoms with Crippen molar-refractivity contribution in [2.45, 2.75) is 18.9 Å². The van der Waals surface area contributed by atoms with Crippen molar-refractivity contribution in [2.24, 2.45) is 5.92 Å². The molecule has 1 atom stereocenters. The van der Waals surface area contributed by atoms with Crippen LogP contribution in [0.5, 0.6) is 0 Å².